The van der Waals surface area contributed by atoms with Gasteiger partial charge in [-0.2, -0.15) is 13.2 Å². The number of anilines is 1. The van der Waals surface area contributed by atoms with Crippen LogP contribution in [0.3, 0.4) is 0 Å². The molecule has 0 spiro atoms. The van der Waals surface area contributed by atoms with Gasteiger partial charge < -0.3 is 25.2 Å². The molecule has 0 aliphatic carbocycles. The molecule has 39 heavy (non-hydrogen) atoms. The van der Waals surface area contributed by atoms with E-state index in [4.69, 9.17) is 9.84 Å². The van der Waals surface area contributed by atoms with E-state index in [9.17, 15) is 32.3 Å². The molecule has 212 valence electrons. The molecule has 13 heteroatoms. The summed E-state index contributed by atoms with van der Waals surface area (Å²) in [6.07, 6.45) is -6.45. The third-order valence-electron chi connectivity index (χ3n) is 5.83. The topological polar surface area (TPSA) is 99.1 Å². The minimum Gasteiger partial charge on any atom is -0.494 e. The molecule has 0 radical (unpaired) electrons. The van der Waals surface area contributed by atoms with E-state index in [0.717, 1.165) is 24.3 Å². The third kappa shape index (κ3) is 7.09. The molecule has 1 heterocycles. The number of halogens is 6. The van der Waals surface area contributed by atoms with Crippen LogP contribution in [0, 0.1) is 5.82 Å². The molecule has 2 aromatic rings. The second-order valence-corrected chi connectivity index (χ2v) is 8.77. The summed E-state index contributed by atoms with van der Waals surface area (Å²) in [4.78, 5) is 26.4. The molecular formula is C26H26F6N2O5. The number of benzene rings is 2. The molecule has 1 aliphatic heterocycles. The van der Waals surface area contributed by atoms with Crippen LogP contribution < -0.4 is 15.0 Å². The first-order valence-electron chi connectivity index (χ1n) is 11.9. The Bertz CT molecular complexity index is 1250. The van der Waals surface area contributed by atoms with Crippen molar-refractivity contribution in [1.29, 1.82) is 0 Å². The Morgan fingerprint density at radius 2 is 1.92 bits per heavy atom. The highest BCUT2D eigenvalue weighted by molar-refractivity contribution is 6.10. The van der Waals surface area contributed by atoms with Gasteiger partial charge in [0.2, 0.25) is 5.91 Å². The maximum absolute atomic E-state index is 15.2. The number of alkyl halides is 5. The molecule has 0 bridgehead atoms. The number of hydrogen-bond donors (Lipinski definition) is 3. The van der Waals surface area contributed by atoms with E-state index in [2.05, 4.69) is 5.32 Å². The highest BCUT2D eigenvalue weighted by Gasteiger charge is 2.43. The van der Waals surface area contributed by atoms with Crippen LogP contribution in [0.5, 0.6) is 5.75 Å². The van der Waals surface area contributed by atoms with Crippen LogP contribution in [0.2, 0.25) is 0 Å². The number of amides is 2. The average molecular weight is 560 g/mol. The normalized spacial score (nSPS) is 16.8. The number of ether oxygens (including phenoxy) is 1. The third-order valence-corrected chi connectivity index (χ3v) is 5.83. The Morgan fingerprint density at radius 1 is 1.21 bits per heavy atom. The quantitative estimate of drug-likeness (QED) is 0.333. The standard InChI is InChI=1S/C26H26F6N2O5/c1-2-9-39-17-4-5-18(21(11-17)26(30,31)32)24(38)34-8-7-25(28,29)20(12-23(37)33-13-16(36)14-35)19-10-15(27)3-6-22(19)34/h3-6,10-12,16,35-36H,2,7-9,13-14H2,1H3,(H,33,37)/t16-/m1/s1. The van der Waals surface area contributed by atoms with E-state index < -0.39 is 84.2 Å². The van der Waals surface area contributed by atoms with Crippen LogP contribution in [0.4, 0.5) is 32.0 Å². The van der Waals surface area contributed by atoms with Crippen molar-refractivity contribution in [2.75, 3.05) is 31.2 Å². The van der Waals surface area contributed by atoms with Gasteiger partial charge in [-0.1, -0.05) is 6.92 Å². The number of allylic oxidation sites excluding steroid dienone is 1. The van der Waals surface area contributed by atoms with Crippen molar-refractivity contribution >= 4 is 23.1 Å². The van der Waals surface area contributed by atoms with Crippen molar-refractivity contribution in [2.24, 2.45) is 0 Å². The van der Waals surface area contributed by atoms with Gasteiger partial charge in [0.25, 0.3) is 11.8 Å². The molecule has 0 saturated heterocycles. The Morgan fingerprint density at radius 3 is 2.56 bits per heavy atom. The van der Waals surface area contributed by atoms with Crippen molar-refractivity contribution in [3.05, 3.63) is 65.0 Å². The molecule has 0 saturated carbocycles. The van der Waals surface area contributed by atoms with Crippen LogP contribution in [0.1, 0.15) is 41.3 Å². The number of carbonyl (C=O) groups excluding carboxylic acids is 2. The number of nitrogens with one attached hydrogen (secondary N) is 1. The SMILES string of the molecule is CCCOc1ccc(C(=O)N2CCC(F)(F)C(=CC(=O)NC[C@@H](O)CO)c3cc(F)ccc32)c(C(F)(F)F)c1. The molecule has 1 aliphatic rings. The molecule has 0 fully saturated rings. The number of aliphatic hydroxyl groups excluding tert-OH is 2. The van der Waals surface area contributed by atoms with Crippen LogP contribution in [-0.4, -0.2) is 60.4 Å². The lowest BCUT2D eigenvalue weighted by atomic mass is 9.96. The first-order valence-corrected chi connectivity index (χ1v) is 11.9. The largest absolute Gasteiger partial charge is 0.494 e. The van der Waals surface area contributed by atoms with Crippen molar-refractivity contribution in [2.45, 2.75) is 38.0 Å². The minimum atomic E-state index is -4.99. The molecule has 0 unspecified atom stereocenters. The highest BCUT2D eigenvalue weighted by atomic mass is 19.4. The zero-order chi connectivity index (χ0) is 29.0. The van der Waals surface area contributed by atoms with Gasteiger partial charge in [-0.25, -0.2) is 13.2 Å². The van der Waals surface area contributed by atoms with E-state index >= 15 is 8.78 Å². The zero-order valence-corrected chi connectivity index (χ0v) is 20.7. The summed E-state index contributed by atoms with van der Waals surface area (Å²) >= 11 is 0. The lowest BCUT2D eigenvalue weighted by molar-refractivity contribution is -0.138. The molecule has 2 aromatic carbocycles. The summed E-state index contributed by atoms with van der Waals surface area (Å²) < 4.78 is 91.7. The van der Waals surface area contributed by atoms with Gasteiger partial charge in [0.1, 0.15) is 11.6 Å². The number of nitrogens with zero attached hydrogens (tertiary/aromatic N) is 1. The minimum absolute atomic E-state index is 0.131. The second-order valence-electron chi connectivity index (χ2n) is 8.77. The van der Waals surface area contributed by atoms with Crippen molar-refractivity contribution in [3.8, 4) is 5.75 Å². The van der Waals surface area contributed by atoms with E-state index in [1.54, 1.807) is 6.92 Å². The average Bonchev–Trinajstić information content (AvgIpc) is 2.98. The predicted molar refractivity (Wildman–Crippen MR) is 129 cm³/mol. The zero-order valence-electron chi connectivity index (χ0n) is 20.7. The van der Waals surface area contributed by atoms with Crippen molar-refractivity contribution in [3.63, 3.8) is 0 Å². The first kappa shape index (κ1) is 30.0. The van der Waals surface area contributed by atoms with Gasteiger partial charge in [-0.3, -0.25) is 9.59 Å². The van der Waals surface area contributed by atoms with E-state index in [-0.39, 0.29) is 18.0 Å². The monoisotopic (exact) mass is 560 g/mol. The molecule has 0 aromatic heterocycles. The fourth-order valence-corrected chi connectivity index (χ4v) is 3.92. The maximum Gasteiger partial charge on any atom is 0.417 e. The Balaban J connectivity index is 2.10. The maximum atomic E-state index is 15.2. The van der Waals surface area contributed by atoms with Gasteiger partial charge in [0, 0.05) is 36.7 Å². The molecule has 2 amide bonds. The van der Waals surface area contributed by atoms with Gasteiger partial charge in [-0.15, -0.1) is 0 Å². The van der Waals surface area contributed by atoms with Crippen molar-refractivity contribution in [1.82, 2.24) is 5.32 Å². The van der Waals surface area contributed by atoms with Crippen LogP contribution in [0.25, 0.3) is 5.57 Å². The number of fused-ring (bicyclic) bond motifs is 1. The van der Waals surface area contributed by atoms with Gasteiger partial charge >= 0.3 is 6.18 Å². The first-order chi connectivity index (χ1) is 18.3. The van der Waals surface area contributed by atoms with Gasteiger partial charge in [-0.05, 0) is 42.8 Å². The lowest BCUT2D eigenvalue weighted by Crippen LogP contribution is -2.34. The number of rotatable bonds is 8. The summed E-state index contributed by atoms with van der Waals surface area (Å²) in [5.74, 6) is -7.28. The fourth-order valence-electron chi connectivity index (χ4n) is 3.92. The fraction of sp³-hybridized carbons (Fsp3) is 0.385. The van der Waals surface area contributed by atoms with Crippen LogP contribution in [-0.2, 0) is 11.0 Å². The molecule has 1 atom stereocenters. The smallest absolute Gasteiger partial charge is 0.417 e. The summed E-state index contributed by atoms with van der Waals surface area (Å²) in [5.41, 5.74) is -4.03. The summed E-state index contributed by atoms with van der Waals surface area (Å²) in [5, 5.41) is 20.4. The predicted octanol–water partition coefficient (Wildman–Crippen LogP) is 4.17. The number of carbonyl (C=O) groups is 2. The molecule has 7 nitrogen and oxygen atoms in total. The second kappa shape index (κ2) is 12.1. The molecular weight excluding hydrogens is 534 g/mol. The molecule has 3 N–H and O–H groups in total. The lowest BCUT2D eigenvalue weighted by Gasteiger charge is -2.24. The van der Waals surface area contributed by atoms with Crippen molar-refractivity contribution < 1.29 is 50.9 Å². The summed E-state index contributed by atoms with van der Waals surface area (Å²) in [6, 6.07) is 5.17. The van der Waals surface area contributed by atoms with E-state index in [1.807, 2.05) is 0 Å². The highest BCUT2D eigenvalue weighted by Crippen LogP contribution is 2.44. The Hall–Kier alpha value is -3.58. The summed E-state index contributed by atoms with van der Waals surface area (Å²) in [7, 11) is 0. The van der Waals surface area contributed by atoms with E-state index in [0.29, 0.717) is 29.5 Å². The van der Waals surface area contributed by atoms with E-state index in [1.165, 1.54) is 0 Å². The number of aliphatic hydroxyl groups is 2. The molecule has 3 rings (SSSR count). The van der Waals surface area contributed by atoms with Gasteiger partial charge in [0.15, 0.2) is 0 Å². The Kier molecular flexibility index (Phi) is 9.28. The van der Waals surface area contributed by atoms with Crippen LogP contribution >= 0.6 is 0 Å². The van der Waals surface area contributed by atoms with Crippen LogP contribution in [0.15, 0.2) is 42.5 Å². The summed E-state index contributed by atoms with van der Waals surface area (Å²) in [6.45, 7) is -0.0412. The Labute approximate surface area is 219 Å². The van der Waals surface area contributed by atoms with Gasteiger partial charge in [0.05, 0.1) is 36.1 Å². The number of hydrogen-bond acceptors (Lipinski definition) is 5.